The molecule has 0 saturated heterocycles. The van der Waals surface area contributed by atoms with Crippen LogP contribution in [-0.2, 0) is 0 Å². The Labute approximate surface area is 128 Å². The van der Waals surface area contributed by atoms with Gasteiger partial charge in [0.25, 0.3) is 5.91 Å². The zero-order valence-electron chi connectivity index (χ0n) is 12.9. The van der Waals surface area contributed by atoms with Gasteiger partial charge in [0.1, 0.15) is 5.82 Å². The number of nitrogens with zero attached hydrogens (tertiary/aromatic N) is 2. The highest BCUT2D eigenvalue weighted by atomic mass is 19.1. The van der Waals surface area contributed by atoms with Crippen LogP contribution in [0, 0.1) is 19.7 Å². The van der Waals surface area contributed by atoms with Gasteiger partial charge in [0.2, 0.25) is 0 Å². The molecule has 1 aromatic carbocycles. The van der Waals surface area contributed by atoms with Crippen molar-refractivity contribution in [2.45, 2.75) is 33.3 Å². The molecule has 0 fully saturated rings. The number of aliphatic hydroxyl groups is 1. The van der Waals surface area contributed by atoms with E-state index in [0.717, 1.165) is 0 Å². The Hall–Kier alpha value is -2.21. The van der Waals surface area contributed by atoms with Crippen LogP contribution in [0.2, 0.25) is 0 Å². The molecule has 5 nitrogen and oxygen atoms in total. The van der Waals surface area contributed by atoms with Gasteiger partial charge in [-0.15, -0.1) is 0 Å². The lowest BCUT2D eigenvalue weighted by atomic mass is 10.1. The molecule has 1 amide bonds. The number of halogens is 1. The first kappa shape index (κ1) is 16.2. The van der Waals surface area contributed by atoms with Crippen molar-refractivity contribution in [1.82, 2.24) is 15.1 Å². The summed E-state index contributed by atoms with van der Waals surface area (Å²) in [6.07, 6.45) is 0.0417. The molecule has 1 heterocycles. The number of rotatable bonds is 5. The summed E-state index contributed by atoms with van der Waals surface area (Å²) < 4.78 is 14.6. The normalized spacial score (nSPS) is 12.2. The molecule has 1 unspecified atom stereocenters. The van der Waals surface area contributed by atoms with Crippen molar-refractivity contribution in [2.75, 3.05) is 6.54 Å². The number of hydrogen-bond donors (Lipinski definition) is 2. The Morgan fingerprint density at radius 2 is 2.00 bits per heavy atom. The van der Waals surface area contributed by atoms with Gasteiger partial charge >= 0.3 is 0 Å². The predicted octanol–water partition coefficient (Wildman–Crippen LogP) is 2.13. The minimum Gasteiger partial charge on any atom is -0.393 e. The molecule has 6 heteroatoms. The molecule has 0 spiro atoms. The van der Waals surface area contributed by atoms with Gasteiger partial charge in [-0.3, -0.25) is 4.79 Å². The van der Waals surface area contributed by atoms with E-state index in [9.17, 15) is 14.3 Å². The van der Waals surface area contributed by atoms with Gasteiger partial charge in [0.15, 0.2) is 0 Å². The van der Waals surface area contributed by atoms with Crippen LogP contribution in [0.3, 0.4) is 0 Å². The van der Waals surface area contributed by atoms with E-state index in [-0.39, 0.29) is 11.7 Å². The minimum atomic E-state index is -0.454. The highest BCUT2D eigenvalue weighted by Crippen LogP contribution is 2.18. The van der Waals surface area contributed by atoms with Crippen LogP contribution in [0.5, 0.6) is 0 Å². The maximum atomic E-state index is 13.0. The molecule has 0 radical (unpaired) electrons. The summed E-state index contributed by atoms with van der Waals surface area (Å²) in [6.45, 7) is 5.63. The van der Waals surface area contributed by atoms with Crippen LogP contribution in [0.4, 0.5) is 4.39 Å². The van der Waals surface area contributed by atoms with E-state index in [1.165, 1.54) is 12.1 Å². The molecule has 118 valence electrons. The van der Waals surface area contributed by atoms with Gasteiger partial charge in [-0.25, -0.2) is 9.07 Å². The summed E-state index contributed by atoms with van der Waals surface area (Å²) in [7, 11) is 0. The van der Waals surface area contributed by atoms with E-state index < -0.39 is 6.10 Å². The van der Waals surface area contributed by atoms with Crippen molar-refractivity contribution in [1.29, 1.82) is 0 Å². The van der Waals surface area contributed by atoms with Crippen LogP contribution in [0.25, 0.3) is 5.69 Å². The van der Waals surface area contributed by atoms with Gasteiger partial charge in [0.05, 0.1) is 28.7 Å². The van der Waals surface area contributed by atoms with E-state index in [2.05, 4.69) is 10.4 Å². The van der Waals surface area contributed by atoms with E-state index >= 15 is 0 Å². The molecule has 22 heavy (non-hydrogen) atoms. The SMILES string of the molecule is Cc1nn(-c2ccc(F)cc2)c(C)c1C(=O)NCCC(C)O. The first-order valence-corrected chi connectivity index (χ1v) is 7.18. The van der Waals surface area contributed by atoms with Crippen LogP contribution >= 0.6 is 0 Å². The lowest BCUT2D eigenvalue weighted by Crippen LogP contribution is -2.27. The van der Waals surface area contributed by atoms with Crippen molar-refractivity contribution in [3.63, 3.8) is 0 Å². The first-order chi connectivity index (χ1) is 10.4. The molecule has 2 rings (SSSR count). The number of amides is 1. The Kier molecular flexibility index (Phi) is 4.92. The molecule has 1 atom stereocenters. The lowest BCUT2D eigenvalue weighted by molar-refractivity contribution is 0.0944. The number of aliphatic hydroxyl groups excluding tert-OH is 1. The highest BCUT2D eigenvalue weighted by Gasteiger charge is 2.19. The maximum Gasteiger partial charge on any atom is 0.255 e. The van der Waals surface area contributed by atoms with Gasteiger partial charge in [-0.05, 0) is 51.5 Å². The van der Waals surface area contributed by atoms with Crippen LogP contribution in [0.15, 0.2) is 24.3 Å². The van der Waals surface area contributed by atoms with Gasteiger partial charge in [-0.2, -0.15) is 5.10 Å². The fourth-order valence-electron chi connectivity index (χ4n) is 2.29. The van der Waals surface area contributed by atoms with Crippen molar-refractivity contribution >= 4 is 5.91 Å². The molecule has 2 aromatic rings. The zero-order valence-corrected chi connectivity index (χ0v) is 12.9. The first-order valence-electron chi connectivity index (χ1n) is 7.18. The molecular weight excluding hydrogens is 285 g/mol. The minimum absolute atomic E-state index is 0.219. The van der Waals surface area contributed by atoms with Gasteiger partial charge < -0.3 is 10.4 Å². The highest BCUT2D eigenvalue weighted by molar-refractivity contribution is 5.96. The Bertz CT molecular complexity index is 663. The number of nitrogens with one attached hydrogen (secondary N) is 1. The molecule has 0 aliphatic rings. The second-order valence-corrected chi connectivity index (χ2v) is 5.33. The average molecular weight is 305 g/mol. The van der Waals surface area contributed by atoms with Crippen LogP contribution in [0.1, 0.15) is 35.1 Å². The number of benzene rings is 1. The topological polar surface area (TPSA) is 67.2 Å². The molecule has 1 aromatic heterocycles. The van der Waals surface area contributed by atoms with Crippen molar-refractivity contribution in [3.8, 4) is 5.69 Å². The molecular formula is C16H20FN3O2. The number of aryl methyl sites for hydroxylation is 1. The summed E-state index contributed by atoms with van der Waals surface area (Å²) in [4.78, 5) is 12.3. The third kappa shape index (κ3) is 3.51. The number of carbonyl (C=O) groups is 1. The quantitative estimate of drug-likeness (QED) is 0.889. The van der Waals surface area contributed by atoms with Crippen molar-refractivity contribution < 1.29 is 14.3 Å². The number of aromatic nitrogens is 2. The average Bonchev–Trinajstić information content (AvgIpc) is 2.74. The Morgan fingerprint density at radius 3 is 2.59 bits per heavy atom. The standard InChI is InChI=1S/C16H20FN3O2/c1-10(21)8-9-18-16(22)15-11(2)19-20(12(15)3)14-6-4-13(17)5-7-14/h4-7,10,21H,8-9H2,1-3H3,(H,18,22). The van der Waals surface area contributed by atoms with E-state index in [0.29, 0.717) is 35.6 Å². The largest absolute Gasteiger partial charge is 0.393 e. The van der Waals surface area contributed by atoms with Crippen molar-refractivity contribution in [2.24, 2.45) is 0 Å². The lowest BCUT2D eigenvalue weighted by Gasteiger charge is -2.08. The second-order valence-electron chi connectivity index (χ2n) is 5.33. The molecule has 0 saturated carbocycles. The Balaban J connectivity index is 2.23. The molecule has 0 aliphatic heterocycles. The summed E-state index contributed by atoms with van der Waals surface area (Å²) >= 11 is 0. The monoisotopic (exact) mass is 305 g/mol. The van der Waals surface area contributed by atoms with E-state index in [4.69, 9.17) is 0 Å². The summed E-state index contributed by atoms with van der Waals surface area (Å²) in [5, 5.41) is 16.4. The van der Waals surface area contributed by atoms with E-state index in [1.54, 1.807) is 37.6 Å². The van der Waals surface area contributed by atoms with Gasteiger partial charge in [0, 0.05) is 6.54 Å². The number of carbonyl (C=O) groups excluding carboxylic acids is 1. The maximum absolute atomic E-state index is 13.0. The van der Waals surface area contributed by atoms with Crippen LogP contribution < -0.4 is 5.32 Å². The van der Waals surface area contributed by atoms with Gasteiger partial charge in [-0.1, -0.05) is 0 Å². The summed E-state index contributed by atoms with van der Waals surface area (Å²) in [6, 6.07) is 5.94. The van der Waals surface area contributed by atoms with Crippen LogP contribution in [-0.4, -0.2) is 33.4 Å². The fraction of sp³-hybridized carbons (Fsp3) is 0.375. The van der Waals surface area contributed by atoms with Crippen molar-refractivity contribution in [3.05, 3.63) is 47.0 Å². The number of hydrogen-bond acceptors (Lipinski definition) is 3. The molecule has 0 aliphatic carbocycles. The molecule has 2 N–H and O–H groups in total. The third-order valence-corrected chi connectivity index (χ3v) is 3.44. The predicted molar refractivity (Wildman–Crippen MR) is 81.6 cm³/mol. The Morgan fingerprint density at radius 1 is 1.36 bits per heavy atom. The summed E-state index contributed by atoms with van der Waals surface area (Å²) in [5.41, 5.74) is 2.51. The molecule has 0 bridgehead atoms. The zero-order chi connectivity index (χ0) is 16.3. The van der Waals surface area contributed by atoms with E-state index in [1.807, 2.05) is 0 Å². The summed E-state index contributed by atoms with van der Waals surface area (Å²) in [5.74, 6) is -0.537. The second kappa shape index (κ2) is 6.70. The fourth-order valence-corrected chi connectivity index (χ4v) is 2.29. The smallest absolute Gasteiger partial charge is 0.255 e. The third-order valence-electron chi connectivity index (χ3n) is 3.44.